The van der Waals surface area contributed by atoms with Gasteiger partial charge in [0.2, 0.25) is 5.91 Å². The van der Waals surface area contributed by atoms with E-state index in [1.807, 2.05) is 0 Å². The van der Waals surface area contributed by atoms with Gasteiger partial charge in [0.25, 0.3) is 0 Å². The first-order valence-electron chi connectivity index (χ1n) is 9.28. The van der Waals surface area contributed by atoms with Gasteiger partial charge in [0.15, 0.2) is 0 Å². The van der Waals surface area contributed by atoms with Gasteiger partial charge in [-0.1, -0.05) is 26.7 Å². The maximum absolute atomic E-state index is 12.8. The Labute approximate surface area is 140 Å². The summed E-state index contributed by atoms with van der Waals surface area (Å²) in [6.45, 7) is 13.6. The predicted molar refractivity (Wildman–Crippen MR) is 92.6 cm³/mol. The van der Waals surface area contributed by atoms with Gasteiger partial charge in [0.1, 0.15) is 0 Å². The van der Waals surface area contributed by atoms with Crippen molar-refractivity contribution >= 4 is 5.91 Å². The van der Waals surface area contributed by atoms with Gasteiger partial charge >= 0.3 is 0 Å². The Kier molecular flexibility index (Phi) is 8.30. The van der Waals surface area contributed by atoms with Crippen molar-refractivity contribution in [2.75, 3.05) is 65.6 Å². The molecule has 2 aliphatic rings. The lowest BCUT2D eigenvalue weighted by atomic mass is 9.91. The van der Waals surface area contributed by atoms with Crippen molar-refractivity contribution in [1.29, 1.82) is 0 Å². The van der Waals surface area contributed by atoms with Crippen LogP contribution in [0.25, 0.3) is 0 Å². The van der Waals surface area contributed by atoms with E-state index in [0.29, 0.717) is 5.92 Å². The zero-order chi connectivity index (χ0) is 16.5. The molecule has 2 saturated heterocycles. The average Bonchev–Trinajstić information content (AvgIpc) is 2.61. The summed E-state index contributed by atoms with van der Waals surface area (Å²) in [6.07, 6.45) is 2.09. The third-order valence-corrected chi connectivity index (χ3v) is 5.14. The fourth-order valence-corrected chi connectivity index (χ4v) is 3.65. The van der Waals surface area contributed by atoms with Crippen LogP contribution in [0.5, 0.6) is 0 Å². The third-order valence-electron chi connectivity index (χ3n) is 5.14. The molecule has 6 heteroatoms. The molecule has 0 radical (unpaired) electrons. The summed E-state index contributed by atoms with van der Waals surface area (Å²) in [6, 6.07) is -0.00285. The summed E-state index contributed by atoms with van der Waals surface area (Å²) < 4.78 is 5.45. The molecule has 2 heterocycles. The van der Waals surface area contributed by atoms with Crippen LogP contribution in [0.2, 0.25) is 0 Å². The molecule has 6 nitrogen and oxygen atoms in total. The van der Waals surface area contributed by atoms with Crippen LogP contribution in [-0.4, -0.2) is 87.3 Å². The predicted octanol–water partition coefficient (Wildman–Crippen LogP) is 0.145. The van der Waals surface area contributed by atoms with Crippen molar-refractivity contribution in [2.45, 2.75) is 32.7 Å². The lowest BCUT2D eigenvalue weighted by Gasteiger charge is -2.37. The van der Waals surface area contributed by atoms with Gasteiger partial charge in [-0.15, -0.1) is 0 Å². The molecule has 0 aliphatic carbocycles. The molecule has 2 N–H and O–H groups in total. The van der Waals surface area contributed by atoms with Crippen molar-refractivity contribution in [1.82, 2.24) is 20.4 Å². The minimum Gasteiger partial charge on any atom is -0.379 e. The molecule has 2 rings (SSSR count). The number of piperazine rings is 1. The molecule has 23 heavy (non-hydrogen) atoms. The number of nitrogens with zero attached hydrogens (tertiary/aromatic N) is 2. The van der Waals surface area contributed by atoms with Crippen LogP contribution >= 0.6 is 0 Å². The van der Waals surface area contributed by atoms with E-state index in [1.54, 1.807) is 0 Å². The SMILES string of the molecule is CCC(CC)C(C(=O)NCCN1CCNCC1)N1CCOCC1. The molecule has 2 fully saturated rings. The maximum atomic E-state index is 12.8. The molecular weight excluding hydrogens is 292 g/mol. The van der Waals surface area contributed by atoms with Gasteiger partial charge in [-0.3, -0.25) is 14.6 Å². The first-order chi connectivity index (χ1) is 11.3. The zero-order valence-electron chi connectivity index (χ0n) is 14.9. The molecule has 0 aromatic rings. The highest BCUT2D eigenvalue weighted by Gasteiger charge is 2.32. The average molecular weight is 326 g/mol. The van der Waals surface area contributed by atoms with E-state index < -0.39 is 0 Å². The molecular formula is C17H34N4O2. The molecule has 1 unspecified atom stereocenters. The summed E-state index contributed by atoms with van der Waals surface area (Å²) >= 11 is 0. The normalized spacial score (nSPS) is 22.2. The number of hydrogen-bond donors (Lipinski definition) is 2. The number of morpholine rings is 1. The molecule has 0 spiro atoms. The lowest BCUT2D eigenvalue weighted by molar-refractivity contribution is -0.130. The minimum absolute atomic E-state index is 0.00285. The summed E-state index contributed by atoms with van der Waals surface area (Å²) in [5, 5.41) is 6.55. The van der Waals surface area contributed by atoms with E-state index in [1.165, 1.54) is 0 Å². The molecule has 0 aromatic heterocycles. The quantitative estimate of drug-likeness (QED) is 0.665. The molecule has 2 aliphatic heterocycles. The molecule has 0 bridgehead atoms. The molecule has 0 aromatic carbocycles. The Hall–Kier alpha value is -0.690. The van der Waals surface area contributed by atoms with E-state index in [-0.39, 0.29) is 11.9 Å². The second-order valence-electron chi connectivity index (χ2n) is 6.55. The second-order valence-corrected chi connectivity index (χ2v) is 6.55. The fraction of sp³-hybridized carbons (Fsp3) is 0.941. The van der Waals surface area contributed by atoms with Crippen LogP contribution < -0.4 is 10.6 Å². The Bertz CT molecular complexity index is 337. The van der Waals surface area contributed by atoms with Crippen molar-refractivity contribution < 1.29 is 9.53 Å². The van der Waals surface area contributed by atoms with Gasteiger partial charge in [-0.25, -0.2) is 0 Å². The Morgan fingerprint density at radius 2 is 1.78 bits per heavy atom. The first kappa shape index (κ1) is 18.6. The van der Waals surface area contributed by atoms with Crippen molar-refractivity contribution in [3.05, 3.63) is 0 Å². The van der Waals surface area contributed by atoms with Gasteiger partial charge in [-0.05, 0) is 5.92 Å². The fourth-order valence-electron chi connectivity index (χ4n) is 3.65. The van der Waals surface area contributed by atoms with E-state index >= 15 is 0 Å². The number of rotatable bonds is 8. The maximum Gasteiger partial charge on any atom is 0.237 e. The minimum atomic E-state index is -0.00285. The molecule has 1 amide bonds. The number of hydrogen-bond acceptors (Lipinski definition) is 5. The molecule has 134 valence electrons. The Morgan fingerprint density at radius 3 is 2.39 bits per heavy atom. The zero-order valence-corrected chi connectivity index (χ0v) is 14.9. The highest BCUT2D eigenvalue weighted by atomic mass is 16.5. The van der Waals surface area contributed by atoms with Crippen LogP contribution in [0, 0.1) is 5.92 Å². The van der Waals surface area contributed by atoms with Crippen molar-refractivity contribution in [2.24, 2.45) is 5.92 Å². The number of carbonyl (C=O) groups is 1. The summed E-state index contributed by atoms with van der Waals surface area (Å²) in [5.74, 6) is 0.628. The highest BCUT2D eigenvalue weighted by Crippen LogP contribution is 2.20. The van der Waals surface area contributed by atoms with E-state index in [2.05, 4.69) is 34.3 Å². The number of ether oxygens (including phenoxy) is 1. The standard InChI is InChI=1S/C17H34N4O2/c1-3-15(4-2)16(21-11-13-23-14-12-21)17(22)19-7-10-20-8-5-18-6-9-20/h15-16,18H,3-14H2,1-2H3,(H,19,22). The highest BCUT2D eigenvalue weighted by molar-refractivity contribution is 5.82. The van der Waals surface area contributed by atoms with Gasteiger partial charge in [0.05, 0.1) is 19.3 Å². The van der Waals surface area contributed by atoms with Crippen LogP contribution in [0.1, 0.15) is 26.7 Å². The number of carbonyl (C=O) groups excluding carboxylic acids is 1. The molecule has 1 atom stereocenters. The Balaban J connectivity index is 1.84. The van der Waals surface area contributed by atoms with Gasteiger partial charge < -0.3 is 15.4 Å². The smallest absolute Gasteiger partial charge is 0.237 e. The number of amides is 1. The van der Waals surface area contributed by atoms with Crippen LogP contribution in [-0.2, 0) is 9.53 Å². The van der Waals surface area contributed by atoms with Crippen LogP contribution in [0.3, 0.4) is 0 Å². The third kappa shape index (κ3) is 5.71. The summed E-state index contributed by atoms with van der Waals surface area (Å²) in [5.41, 5.74) is 0. The van der Waals surface area contributed by atoms with E-state index in [9.17, 15) is 4.79 Å². The van der Waals surface area contributed by atoms with Crippen molar-refractivity contribution in [3.8, 4) is 0 Å². The second kappa shape index (κ2) is 10.2. The summed E-state index contributed by atoms with van der Waals surface area (Å²) in [7, 11) is 0. The van der Waals surface area contributed by atoms with Crippen molar-refractivity contribution in [3.63, 3.8) is 0 Å². The first-order valence-corrected chi connectivity index (χ1v) is 9.28. The van der Waals surface area contributed by atoms with E-state index in [4.69, 9.17) is 4.74 Å². The van der Waals surface area contributed by atoms with E-state index in [0.717, 1.165) is 78.4 Å². The van der Waals surface area contributed by atoms with Crippen LogP contribution in [0.4, 0.5) is 0 Å². The van der Waals surface area contributed by atoms with Gasteiger partial charge in [-0.2, -0.15) is 0 Å². The summed E-state index contributed by atoms with van der Waals surface area (Å²) in [4.78, 5) is 17.6. The number of nitrogens with one attached hydrogen (secondary N) is 2. The topological polar surface area (TPSA) is 56.8 Å². The molecule has 0 saturated carbocycles. The monoisotopic (exact) mass is 326 g/mol. The lowest BCUT2D eigenvalue weighted by Crippen LogP contribution is -2.55. The Morgan fingerprint density at radius 1 is 1.13 bits per heavy atom. The van der Waals surface area contributed by atoms with Crippen LogP contribution in [0.15, 0.2) is 0 Å². The van der Waals surface area contributed by atoms with Gasteiger partial charge in [0, 0.05) is 52.4 Å². The largest absolute Gasteiger partial charge is 0.379 e.